The zero-order valence-electron chi connectivity index (χ0n) is 83.2. The van der Waals surface area contributed by atoms with Crippen molar-refractivity contribution in [2.24, 2.45) is 0 Å². The van der Waals surface area contributed by atoms with Crippen LogP contribution in [0.15, 0.2) is 128 Å². The first-order valence-corrected chi connectivity index (χ1v) is 50.2. The molecule has 142 heavy (non-hydrogen) atoms. The first kappa shape index (κ1) is 120. The predicted octanol–water partition coefficient (Wildman–Crippen LogP) is 10.2. The summed E-state index contributed by atoms with van der Waals surface area (Å²) in [6.45, 7) is 30.7. The first-order valence-electron chi connectivity index (χ1n) is 50.2. The summed E-state index contributed by atoms with van der Waals surface area (Å²) in [7, 11) is 0. The van der Waals surface area contributed by atoms with E-state index in [0.717, 1.165) is 179 Å². The maximum Gasteiger partial charge on any atom is 0.373 e. The number of carboxylic acid groups (broad SMARTS) is 3. The largest absolute Gasteiger partial charge is 0.477 e. The van der Waals surface area contributed by atoms with E-state index in [2.05, 4.69) is 83.3 Å². The summed E-state index contributed by atoms with van der Waals surface area (Å²) in [6, 6.07) is 33.9. The number of nitrogens with zero attached hydrogens (tertiary/aromatic N) is 12. The van der Waals surface area contributed by atoms with Crippen molar-refractivity contribution in [3.05, 3.63) is 179 Å². The molecule has 39 nitrogen and oxygen atoms in total. The van der Waals surface area contributed by atoms with Gasteiger partial charge in [0, 0.05) is 156 Å². The van der Waals surface area contributed by atoms with Crippen LogP contribution in [-0.2, 0) is 119 Å². The van der Waals surface area contributed by atoms with Crippen molar-refractivity contribution < 1.29 is 130 Å². The third-order valence-electron chi connectivity index (χ3n) is 24.4. The minimum Gasteiger partial charge on any atom is -0.477 e. The maximum absolute atomic E-state index is 11.4. The van der Waals surface area contributed by atoms with Gasteiger partial charge in [0.2, 0.25) is 0 Å². The Morgan fingerprint density at radius 1 is 0.310 bits per heavy atom. The van der Waals surface area contributed by atoms with E-state index in [4.69, 9.17) is 115 Å². The minimum atomic E-state index is -1.03. The molecule has 0 spiro atoms. The van der Waals surface area contributed by atoms with Crippen LogP contribution in [0.25, 0.3) is 0 Å². The second-order valence-electron chi connectivity index (χ2n) is 34.4. The molecule has 3 unspecified atom stereocenters. The smallest absolute Gasteiger partial charge is 0.373 e. The Morgan fingerprint density at radius 3 is 0.782 bits per heavy atom. The highest BCUT2D eigenvalue weighted by molar-refractivity contribution is 5.86. The highest BCUT2D eigenvalue weighted by Crippen LogP contribution is 2.32. The molecule has 786 valence electrons. The van der Waals surface area contributed by atoms with Gasteiger partial charge < -0.3 is 86.4 Å². The molecule has 3 aliphatic heterocycles. The molecule has 0 amide bonds. The summed E-state index contributed by atoms with van der Waals surface area (Å²) in [5, 5.41) is 28.0. The Kier molecular flexibility index (Phi) is 64.2. The Balaban J connectivity index is 0.000000277. The van der Waals surface area contributed by atoms with Crippen molar-refractivity contribution in [3.8, 4) is 0 Å². The van der Waals surface area contributed by atoms with E-state index in [9.17, 15) is 29.7 Å². The highest BCUT2D eigenvalue weighted by Gasteiger charge is 2.34. The number of rotatable bonds is 30. The van der Waals surface area contributed by atoms with Crippen molar-refractivity contribution in [2.45, 2.75) is 198 Å². The molecule has 12 rings (SSSR count). The van der Waals surface area contributed by atoms with E-state index < -0.39 is 17.9 Å². The zero-order valence-corrected chi connectivity index (χ0v) is 83.2. The van der Waals surface area contributed by atoms with Gasteiger partial charge in [-0.1, -0.05) is 70.0 Å². The summed E-state index contributed by atoms with van der Waals surface area (Å²) < 4.78 is 92.1. The monoisotopic (exact) mass is 1990 g/mol. The van der Waals surface area contributed by atoms with E-state index in [1.807, 2.05) is 73.2 Å². The average Bonchev–Trinajstić information content (AvgIpc) is 1.24. The van der Waals surface area contributed by atoms with Crippen molar-refractivity contribution in [1.29, 1.82) is 0 Å². The van der Waals surface area contributed by atoms with E-state index in [-0.39, 0.29) is 90.3 Å². The molecule has 3 N–H and O–H groups in total. The lowest BCUT2D eigenvalue weighted by Crippen LogP contribution is -2.40. The van der Waals surface area contributed by atoms with Crippen LogP contribution in [0.3, 0.4) is 0 Å². The van der Waals surface area contributed by atoms with E-state index in [1.165, 1.54) is 18.2 Å². The molecule has 9 heterocycles. The number of carbonyl (C=O) groups excluding carboxylic acids is 6. The SMILES string of the molecule is CCCOCCC(c1ccccn1)N1CCOCCOCCN(Cc2cccc(C(=O)O)n2)CCO[C@@H]2CCCC[C@@H]2OCC1.CCCOCCC(c1ccccn1)N1CCOCCOCCN(Cc2cccc(C(=O)O)n2)CCO[C@@H]2CCC[C@@H]2OCC1.CCCOCCC(c1ccccn1)N1CCOCCOCCN(Cc2cccc(C(=O)O)n2)CCO[C@@H]2CCC[C@H]2OCC1.O=C=O.O=C=O.O=C=O. The fourth-order valence-corrected chi connectivity index (χ4v) is 17.5. The van der Waals surface area contributed by atoms with Gasteiger partial charge in [0.25, 0.3) is 0 Å². The van der Waals surface area contributed by atoms with Gasteiger partial charge in [0.1, 0.15) is 17.1 Å². The minimum absolute atomic E-state index is 0.0502. The van der Waals surface area contributed by atoms with Gasteiger partial charge in [-0.25, -0.2) is 29.3 Å². The van der Waals surface area contributed by atoms with Gasteiger partial charge in [-0.15, -0.1) is 0 Å². The second kappa shape index (κ2) is 76.2. The number of fused-ring (bicyclic) bond motifs is 3. The molecule has 6 aliphatic rings. The number of hydrogen-bond acceptors (Lipinski definition) is 36. The van der Waals surface area contributed by atoms with Crippen LogP contribution in [0.4, 0.5) is 0 Å². The van der Waals surface area contributed by atoms with Crippen molar-refractivity contribution in [2.75, 3.05) is 237 Å². The number of pyridine rings is 6. The molecule has 0 radical (unpaired) electrons. The van der Waals surface area contributed by atoms with E-state index in [1.54, 1.807) is 18.2 Å². The van der Waals surface area contributed by atoms with Crippen LogP contribution in [0.1, 0.15) is 207 Å². The third kappa shape index (κ3) is 49.5. The van der Waals surface area contributed by atoms with Crippen molar-refractivity contribution >= 4 is 36.4 Å². The first-order chi connectivity index (χ1) is 69.6. The highest BCUT2D eigenvalue weighted by atomic mass is 16.6. The number of carboxylic acids is 3. The molecule has 9 atom stereocenters. The normalized spacial score (nSPS) is 21.7. The second-order valence-corrected chi connectivity index (χ2v) is 34.4. The fourth-order valence-electron chi connectivity index (χ4n) is 17.5. The predicted molar refractivity (Wildman–Crippen MR) is 517 cm³/mol. The molecule has 3 saturated carbocycles. The van der Waals surface area contributed by atoms with Gasteiger partial charge >= 0.3 is 36.4 Å². The van der Waals surface area contributed by atoms with Gasteiger partial charge in [-0.05, 0) is 163 Å². The summed E-state index contributed by atoms with van der Waals surface area (Å²) >= 11 is 0. The molecular formula is C103H152N12O27. The Hall–Kier alpha value is -9.39. The summed E-state index contributed by atoms with van der Waals surface area (Å²) in [5.41, 5.74) is 5.40. The lowest BCUT2D eigenvalue weighted by atomic mass is 9.94. The van der Waals surface area contributed by atoms with Crippen LogP contribution >= 0.6 is 0 Å². The topological polar surface area (TPSA) is 450 Å². The van der Waals surface area contributed by atoms with Crippen LogP contribution in [0.2, 0.25) is 0 Å². The zero-order chi connectivity index (χ0) is 101. The summed E-state index contributed by atoms with van der Waals surface area (Å²) in [4.78, 5) is 124. The number of aromatic nitrogens is 6. The van der Waals surface area contributed by atoms with Crippen LogP contribution < -0.4 is 0 Å². The molecule has 6 aromatic heterocycles. The Labute approximate surface area is 835 Å². The maximum atomic E-state index is 11.4. The Bertz CT molecular complexity index is 4190. The molecular weight excluding hydrogens is 1840 g/mol. The number of carbonyl (C=O) groups is 3. The number of hydrogen-bond donors (Lipinski definition) is 3. The number of ether oxygens (including phenoxy) is 15. The van der Waals surface area contributed by atoms with Gasteiger partial charge in [-0.2, -0.15) is 28.8 Å². The molecule has 6 aromatic rings. The van der Waals surface area contributed by atoms with Gasteiger partial charge in [0.15, 0.2) is 0 Å². The van der Waals surface area contributed by atoms with Gasteiger partial charge in [-0.3, -0.25) is 44.4 Å². The molecule has 3 aliphatic carbocycles. The standard InChI is InChI=1S/C34H52N4O7.2C33H50N4O7.3CO2/c1-2-19-41-20-13-31(29-9-5-6-14-35-29)38-17-22-43-26-25-42-21-15-37(27-28-8-7-10-30(36-28)34(39)40)16-23-44-32-11-3-4-12-33(32)45-24-18-38;2*1-2-18-40-19-12-30(28-8-3-4-13-34-28)37-16-21-42-25-24-41-20-14-36(26-27-7-5-9-29(35-27)33(38)39)15-22-43-31-10-6-11-32(31)44-23-17-37;3*2-1-3/h5-10,14,31-33H,2-4,11-13,15-27H2,1H3,(H,39,40);2*3-5,7-9,13,30-32H,2,6,10-12,14-26H2,1H3,(H,38,39);;;/t31?,32-,33+;30?,31-,32+;30?,31-,32-;;;/m111.../s1. The van der Waals surface area contributed by atoms with Crippen LogP contribution in [-0.4, -0.2) is 385 Å². The molecule has 39 heteroatoms. The van der Waals surface area contributed by atoms with Gasteiger partial charge in [0.05, 0.1) is 208 Å². The van der Waals surface area contributed by atoms with E-state index in [0.29, 0.717) is 215 Å². The van der Waals surface area contributed by atoms with Crippen molar-refractivity contribution in [3.63, 3.8) is 0 Å². The average molecular weight is 1990 g/mol. The third-order valence-corrected chi connectivity index (χ3v) is 24.4. The van der Waals surface area contributed by atoms with E-state index >= 15 is 0 Å². The van der Waals surface area contributed by atoms with Crippen LogP contribution in [0.5, 0.6) is 0 Å². The molecule has 0 aromatic carbocycles. The lowest BCUT2D eigenvalue weighted by molar-refractivity contribution is -0.193. The fraction of sp³-hybridized carbons (Fsp3) is 0.650. The molecule has 0 bridgehead atoms. The lowest BCUT2D eigenvalue weighted by Gasteiger charge is -2.35. The molecule has 3 saturated heterocycles. The molecule has 6 fully saturated rings. The van der Waals surface area contributed by atoms with Crippen LogP contribution in [0, 0.1) is 0 Å². The summed E-state index contributed by atoms with van der Waals surface area (Å²) in [5.74, 6) is -3.08. The summed E-state index contributed by atoms with van der Waals surface area (Å²) in [6.07, 6.45) is 22.6. The van der Waals surface area contributed by atoms with Crippen molar-refractivity contribution in [1.82, 2.24) is 59.3 Å². The Morgan fingerprint density at radius 2 is 0.542 bits per heavy atom. The quantitative estimate of drug-likeness (QED) is 0.0353. The number of aromatic carboxylic acids is 3.